The van der Waals surface area contributed by atoms with Crippen LogP contribution in [0.4, 0.5) is 105 Å². The minimum absolute atomic E-state index is 0.982. The fraction of sp³-hybridized carbons (Fsp3) is 0.900. The molecule has 0 bridgehead atoms. The first kappa shape index (κ1) is 45.3. The number of halogens is 24. The lowest BCUT2D eigenvalue weighted by Gasteiger charge is -2.38. The predicted molar refractivity (Wildman–Crippen MR) is 102 cm³/mol. The second-order valence-corrected chi connectivity index (χ2v) is 9.23. The van der Waals surface area contributed by atoms with E-state index in [1.165, 1.54) is 0 Å². The van der Waals surface area contributed by atoms with E-state index < -0.39 is 123 Å². The van der Waals surface area contributed by atoms with Gasteiger partial charge in [0.05, 0.1) is 0 Å². The Kier molecular flexibility index (Phi) is 13.1. The molecular weight excluding hydrogens is 760 g/mol. The zero-order valence-corrected chi connectivity index (χ0v) is 22.1. The molecule has 0 saturated heterocycles. The maximum atomic E-state index is 13.6. The highest BCUT2D eigenvalue weighted by Gasteiger charge is 2.89. The third kappa shape index (κ3) is 7.69. The van der Waals surface area contributed by atoms with Gasteiger partial charge in [-0.25, -0.2) is 17.6 Å². The molecule has 48 heavy (non-hydrogen) atoms. The van der Waals surface area contributed by atoms with Crippen LogP contribution in [0.25, 0.3) is 0 Å². The third-order valence-electron chi connectivity index (χ3n) is 5.72. The van der Waals surface area contributed by atoms with Crippen LogP contribution in [0.5, 0.6) is 0 Å². The quantitative estimate of drug-likeness (QED) is 0.0751. The summed E-state index contributed by atoms with van der Waals surface area (Å²) in [5, 5.41) is 0. The molecule has 0 fully saturated rings. The van der Waals surface area contributed by atoms with Crippen LogP contribution in [0.15, 0.2) is 0 Å². The second-order valence-electron chi connectivity index (χ2n) is 9.23. The molecule has 4 nitrogen and oxygen atoms in total. The lowest BCUT2D eigenvalue weighted by molar-refractivity contribution is -0.414. The zero-order valence-electron chi connectivity index (χ0n) is 22.1. The Hall–Kier alpha value is -2.74. The van der Waals surface area contributed by atoms with Gasteiger partial charge in [-0.2, -0.15) is 87.8 Å². The summed E-state index contributed by atoms with van der Waals surface area (Å²) in [6.07, 6.45) is -16.3. The van der Waals surface area contributed by atoms with Gasteiger partial charge in [0.2, 0.25) is 0 Å². The van der Waals surface area contributed by atoms with E-state index in [2.05, 4.69) is 9.47 Å². The van der Waals surface area contributed by atoms with Crippen molar-refractivity contribution < 1.29 is 124 Å². The number of unbranched alkanes of at least 4 members (excludes halogenated alkanes) is 1. The van der Waals surface area contributed by atoms with Crippen LogP contribution >= 0.6 is 0 Å². The predicted octanol–water partition coefficient (Wildman–Crippen LogP) is 8.52. The minimum atomic E-state index is -7.94. The van der Waals surface area contributed by atoms with Gasteiger partial charge in [0.1, 0.15) is 0 Å². The average molecular weight is 774 g/mol. The van der Waals surface area contributed by atoms with Crippen molar-refractivity contribution in [1.82, 2.24) is 0 Å². The molecule has 0 aliphatic carbocycles. The van der Waals surface area contributed by atoms with Gasteiger partial charge in [0.15, 0.2) is 13.2 Å². The highest BCUT2D eigenvalue weighted by Crippen LogP contribution is 2.59. The molecular formula is C20H14F24O4. The molecule has 0 aromatic carbocycles. The monoisotopic (exact) mass is 774 g/mol. The maximum absolute atomic E-state index is 13.6. The Bertz CT molecular complexity index is 1030. The Balaban J connectivity index is 5.24. The third-order valence-corrected chi connectivity index (χ3v) is 5.72. The number of alkyl halides is 24. The van der Waals surface area contributed by atoms with Gasteiger partial charge in [-0.3, -0.25) is 9.59 Å². The first-order chi connectivity index (χ1) is 20.9. The van der Waals surface area contributed by atoms with Gasteiger partial charge in [0, 0.05) is 12.8 Å². The van der Waals surface area contributed by atoms with Crippen molar-refractivity contribution in [2.75, 3.05) is 13.2 Å². The van der Waals surface area contributed by atoms with Crippen LogP contribution in [0.1, 0.15) is 25.7 Å². The Morgan fingerprint density at radius 1 is 0.396 bits per heavy atom. The molecule has 0 unspecified atom stereocenters. The molecule has 0 aromatic rings. The number of esters is 2. The van der Waals surface area contributed by atoms with E-state index in [9.17, 15) is 115 Å². The first-order valence-corrected chi connectivity index (χ1v) is 11.5. The molecule has 0 amide bonds. The Morgan fingerprint density at radius 3 is 0.833 bits per heavy atom. The maximum Gasteiger partial charge on any atom is 0.384 e. The fourth-order valence-corrected chi connectivity index (χ4v) is 2.75. The molecule has 0 aliphatic rings. The largest absolute Gasteiger partial charge is 0.459 e. The zero-order chi connectivity index (χ0) is 39.0. The number of hydrogen-bond acceptors (Lipinski definition) is 4. The van der Waals surface area contributed by atoms with E-state index in [0.29, 0.717) is 0 Å². The summed E-state index contributed by atoms with van der Waals surface area (Å²) in [5.41, 5.74) is 0. The molecule has 0 N–H and O–H groups in total. The first-order valence-electron chi connectivity index (χ1n) is 11.5. The Labute approximate surface area is 248 Å². The summed E-state index contributed by atoms with van der Waals surface area (Å²) >= 11 is 0. The molecule has 286 valence electrons. The molecule has 0 atom stereocenters. The van der Waals surface area contributed by atoms with Gasteiger partial charge < -0.3 is 9.47 Å². The van der Waals surface area contributed by atoms with E-state index in [0.717, 1.165) is 0 Å². The van der Waals surface area contributed by atoms with Crippen molar-refractivity contribution in [2.24, 2.45) is 0 Å². The van der Waals surface area contributed by atoms with Crippen molar-refractivity contribution in [2.45, 2.75) is 97.8 Å². The van der Waals surface area contributed by atoms with Crippen molar-refractivity contribution >= 4 is 11.9 Å². The molecule has 0 saturated carbocycles. The van der Waals surface area contributed by atoms with Crippen molar-refractivity contribution in [3.05, 3.63) is 0 Å². The van der Waals surface area contributed by atoms with Crippen LogP contribution < -0.4 is 0 Å². The van der Waals surface area contributed by atoms with Gasteiger partial charge in [0.25, 0.3) is 0 Å². The topological polar surface area (TPSA) is 52.6 Å². The summed E-state index contributed by atoms with van der Waals surface area (Å²) in [5.74, 6) is -79.2. The second kappa shape index (κ2) is 13.9. The van der Waals surface area contributed by atoms with E-state index in [-0.39, 0.29) is 0 Å². The number of rotatable bonds is 19. The van der Waals surface area contributed by atoms with Crippen LogP contribution in [-0.2, 0) is 19.1 Å². The lowest BCUT2D eigenvalue weighted by Crippen LogP contribution is -2.69. The van der Waals surface area contributed by atoms with E-state index in [1.807, 2.05) is 0 Å². The van der Waals surface area contributed by atoms with Crippen molar-refractivity contribution in [3.63, 3.8) is 0 Å². The van der Waals surface area contributed by atoms with E-state index >= 15 is 0 Å². The highest BCUT2D eigenvalue weighted by molar-refractivity contribution is 5.70. The standard InChI is InChI=1S/C20H14F24O4/c21-9(22)13(29,30)17(37,38)19(41,42)15(33,34)11(25,26)5-47-7(45)3-1-2-4-8(46)48-6-12(27,28)16(35,36)20(43,44)18(39,40)14(31,32)10(23)24/h9-10H,1-6H2. The molecule has 28 heteroatoms. The number of hydrogen-bond donors (Lipinski definition) is 0. The molecule has 0 radical (unpaired) electrons. The molecule has 0 aromatic heterocycles. The summed E-state index contributed by atoms with van der Waals surface area (Å²) in [6.45, 7) is -6.63. The van der Waals surface area contributed by atoms with Gasteiger partial charge in [-0.15, -0.1) is 0 Å². The van der Waals surface area contributed by atoms with Crippen LogP contribution in [0, 0.1) is 0 Å². The minimum Gasteiger partial charge on any atom is -0.459 e. The summed E-state index contributed by atoms with van der Waals surface area (Å²) in [7, 11) is 0. The van der Waals surface area contributed by atoms with Crippen LogP contribution in [-0.4, -0.2) is 97.2 Å². The summed E-state index contributed by atoms with van der Waals surface area (Å²) < 4.78 is 320. The van der Waals surface area contributed by atoms with Gasteiger partial charge in [-0.05, 0) is 12.8 Å². The van der Waals surface area contributed by atoms with Gasteiger partial charge in [-0.1, -0.05) is 0 Å². The van der Waals surface area contributed by atoms with Crippen molar-refractivity contribution in [1.29, 1.82) is 0 Å². The molecule has 0 aliphatic heterocycles. The highest BCUT2D eigenvalue weighted by atomic mass is 19.4. The number of carbonyl (C=O) groups excluding carboxylic acids is 2. The summed E-state index contributed by atoms with van der Waals surface area (Å²) in [6, 6.07) is 0. The van der Waals surface area contributed by atoms with E-state index in [1.54, 1.807) is 0 Å². The average Bonchev–Trinajstić information content (AvgIpc) is 2.91. The van der Waals surface area contributed by atoms with Crippen LogP contribution in [0.3, 0.4) is 0 Å². The Morgan fingerprint density at radius 2 is 0.625 bits per heavy atom. The number of ether oxygens (including phenoxy) is 2. The SMILES string of the molecule is O=C(CCCCC(=O)OCC(F)(F)C(F)(F)C(F)(F)C(F)(F)C(F)(F)C(F)F)OCC(F)(F)C(F)(F)C(F)(F)C(F)(F)C(F)(F)C(F)F. The van der Waals surface area contributed by atoms with Gasteiger partial charge >= 0.3 is 84.0 Å². The normalized spacial score (nSPS) is 15.3. The molecule has 0 rings (SSSR count). The smallest absolute Gasteiger partial charge is 0.384 e. The van der Waals surface area contributed by atoms with E-state index in [4.69, 9.17) is 0 Å². The van der Waals surface area contributed by atoms with Crippen molar-refractivity contribution in [3.8, 4) is 0 Å². The number of carbonyl (C=O) groups is 2. The fourth-order valence-electron chi connectivity index (χ4n) is 2.75. The van der Waals surface area contributed by atoms with Crippen LogP contribution in [0.2, 0.25) is 0 Å². The molecule has 0 spiro atoms. The summed E-state index contributed by atoms with van der Waals surface area (Å²) in [4.78, 5) is 22.7. The lowest BCUT2D eigenvalue weighted by atomic mass is 9.94. The molecule has 0 heterocycles.